The first-order chi connectivity index (χ1) is 7.77. The maximum absolute atomic E-state index is 11.4. The third-order valence-electron chi connectivity index (χ3n) is 3.21. The van der Waals surface area contributed by atoms with Crippen LogP contribution in [0.25, 0.3) is 0 Å². The van der Waals surface area contributed by atoms with E-state index in [9.17, 15) is 4.79 Å². The van der Waals surface area contributed by atoms with Crippen LogP contribution in [-0.4, -0.2) is 38.3 Å². The van der Waals surface area contributed by atoms with Gasteiger partial charge in [0.2, 0.25) is 5.91 Å². The van der Waals surface area contributed by atoms with Crippen molar-refractivity contribution in [3.05, 3.63) is 0 Å². The Labute approximate surface area is 98.1 Å². The predicted octanol–water partition coefficient (Wildman–Crippen LogP) is 0.917. The zero-order valence-corrected chi connectivity index (χ0v) is 10.4. The number of hydrogen-bond acceptors (Lipinski definition) is 3. The summed E-state index contributed by atoms with van der Waals surface area (Å²) in [5.74, 6) is 0.685. The van der Waals surface area contributed by atoms with Gasteiger partial charge in [-0.15, -0.1) is 0 Å². The van der Waals surface area contributed by atoms with Gasteiger partial charge in [0.05, 0.1) is 0 Å². The fourth-order valence-corrected chi connectivity index (χ4v) is 2.22. The van der Waals surface area contributed by atoms with E-state index in [1.807, 2.05) is 6.92 Å². The molecule has 0 aliphatic carbocycles. The summed E-state index contributed by atoms with van der Waals surface area (Å²) in [6.45, 7) is 6.68. The van der Waals surface area contributed by atoms with Crippen LogP contribution < -0.4 is 10.6 Å². The highest BCUT2D eigenvalue weighted by atomic mass is 16.5. The van der Waals surface area contributed by atoms with E-state index in [0.717, 1.165) is 13.1 Å². The van der Waals surface area contributed by atoms with E-state index in [0.29, 0.717) is 18.6 Å². The quantitative estimate of drug-likeness (QED) is 0.710. The SMILES string of the molecule is CCOCC(=O)NCC1NCCCC1CC. The highest BCUT2D eigenvalue weighted by Gasteiger charge is 2.23. The molecule has 2 N–H and O–H groups in total. The summed E-state index contributed by atoms with van der Waals surface area (Å²) in [7, 11) is 0. The van der Waals surface area contributed by atoms with Crippen LogP contribution in [0.3, 0.4) is 0 Å². The molecule has 0 aromatic rings. The number of nitrogens with one attached hydrogen (secondary N) is 2. The molecule has 0 radical (unpaired) electrons. The summed E-state index contributed by atoms with van der Waals surface area (Å²) in [4.78, 5) is 11.4. The van der Waals surface area contributed by atoms with Crippen LogP contribution in [0.5, 0.6) is 0 Å². The highest BCUT2D eigenvalue weighted by molar-refractivity contribution is 5.77. The second-order valence-electron chi connectivity index (χ2n) is 4.31. The fourth-order valence-electron chi connectivity index (χ4n) is 2.22. The van der Waals surface area contributed by atoms with E-state index >= 15 is 0 Å². The van der Waals surface area contributed by atoms with Crippen molar-refractivity contribution in [3.8, 4) is 0 Å². The van der Waals surface area contributed by atoms with Gasteiger partial charge in [-0.25, -0.2) is 0 Å². The van der Waals surface area contributed by atoms with Crippen molar-refractivity contribution in [2.45, 2.75) is 39.2 Å². The van der Waals surface area contributed by atoms with Gasteiger partial charge in [-0.1, -0.05) is 13.3 Å². The third-order valence-corrected chi connectivity index (χ3v) is 3.21. The number of carbonyl (C=O) groups excluding carboxylic acids is 1. The zero-order chi connectivity index (χ0) is 11.8. The van der Waals surface area contributed by atoms with Crippen molar-refractivity contribution in [1.82, 2.24) is 10.6 Å². The van der Waals surface area contributed by atoms with Crippen LogP contribution in [0.4, 0.5) is 0 Å². The van der Waals surface area contributed by atoms with E-state index < -0.39 is 0 Å². The van der Waals surface area contributed by atoms with E-state index in [1.165, 1.54) is 19.3 Å². The van der Waals surface area contributed by atoms with Crippen molar-refractivity contribution in [3.63, 3.8) is 0 Å². The lowest BCUT2D eigenvalue weighted by molar-refractivity contribution is -0.125. The molecule has 2 unspecified atom stereocenters. The first-order valence-corrected chi connectivity index (χ1v) is 6.35. The lowest BCUT2D eigenvalue weighted by Crippen LogP contribution is -2.49. The predicted molar refractivity (Wildman–Crippen MR) is 64.3 cm³/mol. The minimum atomic E-state index is -0.0101. The molecule has 0 aromatic heterocycles. The molecule has 0 spiro atoms. The summed E-state index contributed by atoms with van der Waals surface area (Å²) >= 11 is 0. The maximum Gasteiger partial charge on any atom is 0.246 e. The van der Waals surface area contributed by atoms with Crippen molar-refractivity contribution in [2.24, 2.45) is 5.92 Å². The van der Waals surface area contributed by atoms with Gasteiger partial charge in [-0.05, 0) is 32.2 Å². The Balaban J connectivity index is 2.21. The average molecular weight is 228 g/mol. The fraction of sp³-hybridized carbons (Fsp3) is 0.917. The molecule has 4 nitrogen and oxygen atoms in total. The molecule has 2 atom stereocenters. The summed E-state index contributed by atoms with van der Waals surface area (Å²) in [5.41, 5.74) is 0. The van der Waals surface area contributed by atoms with Crippen molar-refractivity contribution in [2.75, 3.05) is 26.3 Å². The number of rotatable bonds is 6. The van der Waals surface area contributed by atoms with Crippen LogP contribution >= 0.6 is 0 Å². The van der Waals surface area contributed by atoms with Gasteiger partial charge in [-0.2, -0.15) is 0 Å². The van der Waals surface area contributed by atoms with E-state index in [4.69, 9.17) is 4.74 Å². The van der Waals surface area contributed by atoms with Crippen molar-refractivity contribution < 1.29 is 9.53 Å². The highest BCUT2D eigenvalue weighted by Crippen LogP contribution is 2.19. The largest absolute Gasteiger partial charge is 0.372 e. The Kier molecular flexibility index (Phi) is 6.42. The monoisotopic (exact) mass is 228 g/mol. The van der Waals surface area contributed by atoms with Gasteiger partial charge in [0.1, 0.15) is 6.61 Å². The molecule has 0 bridgehead atoms. The normalized spacial score (nSPS) is 25.4. The van der Waals surface area contributed by atoms with E-state index in [2.05, 4.69) is 17.6 Å². The molecule has 16 heavy (non-hydrogen) atoms. The molecule has 1 amide bonds. The lowest BCUT2D eigenvalue weighted by Gasteiger charge is -2.32. The van der Waals surface area contributed by atoms with Gasteiger partial charge >= 0.3 is 0 Å². The van der Waals surface area contributed by atoms with Crippen LogP contribution in [0.1, 0.15) is 33.1 Å². The minimum Gasteiger partial charge on any atom is -0.372 e. The summed E-state index contributed by atoms with van der Waals surface area (Å²) < 4.78 is 5.06. The van der Waals surface area contributed by atoms with Gasteiger partial charge in [0.15, 0.2) is 0 Å². The lowest BCUT2D eigenvalue weighted by atomic mass is 9.89. The number of piperidine rings is 1. The molecule has 1 rings (SSSR count). The topological polar surface area (TPSA) is 50.4 Å². The van der Waals surface area contributed by atoms with Gasteiger partial charge in [-0.3, -0.25) is 4.79 Å². The van der Waals surface area contributed by atoms with E-state index in [1.54, 1.807) is 0 Å². The summed E-state index contributed by atoms with van der Waals surface area (Å²) in [5, 5.41) is 6.40. The molecular formula is C12H24N2O2. The van der Waals surface area contributed by atoms with Gasteiger partial charge in [0.25, 0.3) is 0 Å². The molecule has 1 fully saturated rings. The molecule has 1 aliphatic heterocycles. The summed E-state index contributed by atoms with van der Waals surface area (Å²) in [6, 6.07) is 0.435. The van der Waals surface area contributed by atoms with Crippen LogP contribution in [0.15, 0.2) is 0 Å². The Bertz CT molecular complexity index is 209. The van der Waals surface area contributed by atoms with Crippen molar-refractivity contribution in [1.29, 1.82) is 0 Å². The second-order valence-corrected chi connectivity index (χ2v) is 4.31. The second kappa shape index (κ2) is 7.63. The summed E-state index contributed by atoms with van der Waals surface area (Å²) in [6.07, 6.45) is 3.70. The smallest absolute Gasteiger partial charge is 0.246 e. The number of carbonyl (C=O) groups is 1. The van der Waals surface area contributed by atoms with Crippen LogP contribution in [0.2, 0.25) is 0 Å². The van der Waals surface area contributed by atoms with Crippen LogP contribution in [-0.2, 0) is 9.53 Å². The minimum absolute atomic E-state index is 0.0101. The first kappa shape index (κ1) is 13.5. The molecular weight excluding hydrogens is 204 g/mol. The number of ether oxygens (including phenoxy) is 1. The Morgan fingerprint density at radius 2 is 2.31 bits per heavy atom. The Hall–Kier alpha value is -0.610. The molecule has 1 saturated heterocycles. The maximum atomic E-state index is 11.4. The number of amides is 1. The molecule has 94 valence electrons. The standard InChI is InChI=1S/C12H24N2O2/c1-3-10-6-5-7-13-11(10)8-14-12(15)9-16-4-2/h10-11,13H,3-9H2,1-2H3,(H,14,15). The zero-order valence-electron chi connectivity index (χ0n) is 10.4. The molecule has 1 heterocycles. The average Bonchev–Trinajstić information content (AvgIpc) is 2.34. The van der Waals surface area contributed by atoms with Crippen LogP contribution in [0, 0.1) is 5.92 Å². The first-order valence-electron chi connectivity index (χ1n) is 6.35. The molecule has 0 saturated carbocycles. The Morgan fingerprint density at radius 1 is 1.50 bits per heavy atom. The van der Waals surface area contributed by atoms with Gasteiger partial charge in [0, 0.05) is 19.2 Å². The number of hydrogen-bond donors (Lipinski definition) is 2. The van der Waals surface area contributed by atoms with Gasteiger partial charge < -0.3 is 15.4 Å². The molecule has 0 aromatic carbocycles. The molecule has 4 heteroatoms. The Morgan fingerprint density at radius 3 is 3.00 bits per heavy atom. The van der Waals surface area contributed by atoms with E-state index in [-0.39, 0.29) is 12.5 Å². The third kappa shape index (κ3) is 4.49. The van der Waals surface area contributed by atoms with Crippen molar-refractivity contribution >= 4 is 5.91 Å². The molecule has 1 aliphatic rings.